The Morgan fingerprint density at radius 1 is 1.32 bits per heavy atom. The molecule has 2 aliphatic rings. The maximum absolute atomic E-state index is 11.8. The van der Waals surface area contributed by atoms with Gasteiger partial charge in [0.15, 0.2) is 0 Å². The van der Waals surface area contributed by atoms with Gasteiger partial charge in [0.25, 0.3) is 0 Å². The molecule has 9 heteroatoms. The number of nitrogens with one attached hydrogen (secondary N) is 2. The molecule has 2 saturated carbocycles. The largest absolute Gasteiger partial charge is 0.481 e. The second-order valence-corrected chi connectivity index (χ2v) is 5.72. The van der Waals surface area contributed by atoms with Crippen molar-refractivity contribution in [1.82, 2.24) is 20.1 Å². The highest BCUT2D eigenvalue weighted by Gasteiger charge is 2.51. The first-order valence-corrected chi connectivity index (χ1v) is 6.88. The minimum Gasteiger partial charge on any atom is -0.481 e. The average Bonchev–Trinajstić information content (AvgIpc) is 3.03. The zero-order chi connectivity index (χ0) is 13.4. The van der Waals surface area contributed by atoms with Crippen LogP contribution in [0.15, 0.2) is 0 Å². The highest BCUT2D eigenvalue weighted by Crippen LogP contribution is 2.48. The van der Waals surface area contributed by atoms with E-state index in [1.54, 1.807) is 0 Å². The van der Waals surface area contributed by atoms with Gasteiger partial charge < -0.3 is 10.4 Å². The van der Waals surface area contributed by atoms with Crippen molar-refractivity contribution in [3.05, 3.63) is 0 Å². The van der Waals surface area contributed by atoms with E-state index in [0.717, 1.165) is 30.8 Å². The summed E-state index contributed by atoms with van der Waals surface area (Å²) in [5.74, 6) is -0.840. The molecule has 2 bridgehead atoms. The number of hydrogen-bond acceptors (Lipinski definition) is 6. The lowest BCUT2D eigenvalue weighted by molar-refractivity contribution is -0.144. The lowest BCUT2D eigenvalue weighted by Gasteiger charge is -2.28. The van der Waals surface area contributed by atoms with Gasteiger partial charge in [0.05, 0.1) is 5.92 Å². The van der Waals surface area contributed by atoms with Crippen LogP contribution < -0.4 is 10.6 Å². The molecule has 1 heterocycles. The molecule has 0 aromatic carbocycles. The third-order valence-electron chi connectivity index (χ3n) is 4.02. The Morgan fingerprint density at radius 3 is 2.79 bits per heavy atom. The maximum atomic E-state index is 11.8. The van der Waals surface area contributed by atoms with Crippen LogP contribution in [0.25, 0.3) is 0 Å². The van der Waals surface area contributed by atoms with E-state index < -0.39 is 17.9 Å². The zero-order valence-electron chi connectivity index (χ0n) is 9.94. The van der Waals surface area contributed by atoms with E-state index in [4.69, 9.17) is 0 Å². The van der Waals surface area contributed by atoms with Gasteiger partial charge in [-0.05, 0) is 36.3 Å². The van der Waals surface area contributed by atoms with Crippen molar-refractivity contribution in [3.8, 4) is 0 Å². The summed E-state index contributed by atoms with van der Waals surface area (Å²) in [6, 6.07) is -0.737. The van der Waals surface area contributed by atoms with E-state index in [-0.39, 0.29) is 17.9 Å². The number of aliphatic carboxylic acids is 1. The van der Waals surface area contributed by atoms with E-state index in [0.29, 0.717) is 5.13 Å². The lowest BCUT2D eigenvalue weighted by Crippen LogP contribution is -2.48. The van der Waals surface area contributed by atoms with Crippen molar-refractivity contribution >= 4 is 28.7 Å². The molecule has 102 valence electrons. The van der Waals surface area contributed by atoms with Crippen LogP contribution >= 0.6 is 11.5 Å². The molecule has 1 aromatic rings. The monoisotopic (exact) mass is 283 g/mol. The second kappa shape index (κ2) is 4.72. The number of carboxylic acid groups (broad SMARTS) is 1. The Kier molecular flexibility index (Phi) is 3.05. The molecule has 0 radical (unpaired) electrons. The fraction of sp³-hybridized carbons (Fsp3) is 0.700. The minimum atomic E-state index is -0.824. The third kappa shape index (κ3) is 2.25. The molecule has 2 fully saturated rings. The Hall–Kier alpha value is -1.77. The number of rotatable bonds is 3. The van der Waals surface area contributed by atoms with Gasteiger partial charge >= 0.3 is 12.0 Å². The molecule has 3 rings (SSSR count). The first kappa shape index (κ1) is 12.3. The predicted molar refractivity (Wildman–Crippen MR) is 65.6 cm³/mol. The quantitative estimate of drug-likeness (QED) is 0.746. The fourth-order valence-corrected chi connectivity index (χ4v) is 3.68. The molecule has 2 amide bonds. The number of carboxylic acids is 1. The highest BCUT2D eigenvalue weighted by molar-refractivity contribution is 7.09. The van der Waals surface area contributed by atoms with Crippen LogP contribution in [0.4, 0.5) is 9.93 Å². The number of carbonyl (C=O) groups excluding carboxylic acids is 1. The van der Waals surface area contributed by atoms with Gasteiger partial charge in [-0.2, -0.15) is 0 Å². The van der Waals surface area contributed by atoms with E-state index in [9.17, 15) is 14.7 Å². The van der Waals surface area contributed by atoms with Crippen LogP contribution in [-0.4, -0.2) is 37.9 Å². The van der Waals surface area contributed by atoms with Crippen LogP contribution in [0, 0.1) is 17.8 Å². The predicted octanol–water partition coefficient (Wildman–Crippen LogP) is 0.554. The Balaban J connectivity index is 1.65. The summed E-state index contributed by atoms with van der Waals surface area (Å²) in [4.78, 5) is 23.1. The van der Waals surface area contributed by atoms with Crippen molar-refractivity contribution in [2.75, 3.05) is 5.32 Å². The molecule has 0 aliphatic heterocycles. The maximum Gasteiger partial charge on any atom is 0.321 e. The van der Waals surface area contributed by atoms with E-state index >= 15 is 0 Å². The van der Waals surface area contributed by atoms with E-state index in [1.807, 2.05) is 0 Å². The summed E-state index contributed by atoms with van der Waals surface area (Å²) in [6.45, 7) is 0. The third-order valence-corrected chi connectivity index (χ3v) is 4.53. The van der Waals surface area contributed by atoms with Gasteiger partial charge in [-0.25, -0.2) is 4.79 Å². The molecule has 0 saturated heterocycles. The standard InChI is InChI=1S/C10H13N5O3S/c16-8(17)6-4-1-2-5(3-4)7(6)11-9(18)12-10-13-14-15-19-10/h4-7H,1-3H2,(H,16,17)(H2,11,12,13,15,18). The summed E-state index contributed by atoms with van der Waals surface area (Å²) in [5.41, 5.74) is 0. The van der Waals surface area contributed by atoms with Crippen molar-refractivity contribution in [3.63, 3.8) is 0 Å². The van der Waals surface area contributed by atoms with Crippen molar-refractivity contribution in [1.29, 1.82) is 0 Å². The van der Waals surface area contributed by atoms with Gasteiger partial charge in [-0.3, -0.25) is 10.1 Å². The highest BCUT2D eigenvalue weighted by atomic mass is 32.1. The first-order valence-electron chi connectivity index (χ1n) is 6.10. The number of nitrogens with zero attached hydrogens (tertiary/aromatic N) is 3. The molecule has 4 atom stereocenters. The summed E-state index contributed by atoms with van der Waals surface area (Å²) < 4.78 is 3.53. The van der Waals surface area contributed by atoms with Crippen LogP contribution in [0.1, 0.15) is 19.3 Å². The van der Waals surface area contributed by atoms with Gasteiger partial charge in [0.2, 0.25) is 5.13 Å². The zero-order valence-corrected chi connectivity index (χ0v) is 10.8. The van der Waals surface area contributed by atoms with Gasteiger partial charge in [0.1, 0.15) is 0 Å². The Morgan fingerprint density at radius 2 is 2.11 bits per heavy atom. The topological polar surface area (TPSA) is 117 Å². The van der Waals surface area contributed by atoms with Gasteiger partial charge in [-0.1, -0.05) is 9.59 Å². The minimum absolute atomic E-state index is 0.191. The normalized spacial score (nSPS) is 32.2. The number of carbonyl (C=O) groups is 2. The first-order chi connectivity index (χ1) is 9.15. The van der Waals surface area contributed by atoms with Crippen LogP contribution in [0.5, 0.6) is 0 Å². The molecule has 3 N–H and O–H groups in total. The molecule has 19 heavy (non-hydrogen) atoms. The second-order valence-electron chi connectivity index (χ2n) is 4.99. The molecule has 0 spiro atoms. The SMILES string of the molecule is O=C(Nc1nnns1)NC1C2CCC(C2)C1C(=O)O. The molecular formula is C10H13N5O3S. The van der Waals surface area contributed by atoms with Gasteiger partial charge in [-0.15, -0.1) is 0 Å². The van der Waals surface area contributed by atoms with Crippen LogP contribution in [0.2, 0.25) is 0 Å². The smallest absolute Gasteiger partial charge is 0.321 e. The van der Waals surface area contributed by atoms with Crippen LogP contribution in [-0.2, 0) is 4.79 Å². The number of aromatic nitrogens is 3. The van der Waals surface area contributed by atoms with E-state index in [1.165, 1.54) is 0 Å². The number of fused-ring (bicyclic) bond motifs is 2. The van der Waals surface area contributed by atoms with E-state index in [2.05, 4.69) is 25.4 Å². The fourth-order valence-electron chi connectivity index (χ4n) is 3.32. The summed E-state index contributed by atoms with van der Waals surface area (Å²) >= 11 is 0.971. The summed E-state index contributed by atoms with van der Waals surface area (Å²) in [5, 5.41) is 21.8. The van der Waals surface area contributed by atoms with Crippen molar-refractivity contribution in [2.24, 2.45) is 17.8 Å². The molecule has 4 unspecified atom stereocenters. The summed E-state index contributed by atoms with van der Waals surface area (Å²) in [7, 11) is 0. The average molecular weight is 283 g/mol. The number of hydrogen-bond donors (Lipinski definition) is 3. The number of anilines is 1. The van der Waals surface area contributed by atoms with Gasteiger partial charge in [0, 0.05) is 17.6 Å². The molecular weight excluding hydrogens is 270 g/mol. The number of urea groups is 1. The molecule has 1 aromatic heterocycles. The lowest BCUT2D eigenvalue weighted by atomic mass is 9.84. The number of amides is 2. The van der Waals surface area contributed by atoms with Crippen molar-refractivity contribution < 1.29 is 14.7 Å². The Bertz CT molecular complexity index is 493. The summed E-state index contributed by atoms with van der Waals surface area (Å²) in [6.07, 6.45) is 2.82. The Labute approximate surface area is 112 Å². The van der Waals surface area contributed by atoms with Crippen molar-refractivity contribution in [2.45, 2.75) is 25.3 Å². The molecule has 8 nitrogen and oxygen atoms in total. The van der Waals surface area contributed by atoms with Crippen LogP contribution in [0.3, 0.4) is 0 Å². The molecule has 2 aliphatic carbocycles.